The van der Waals surface area contributed by atoms with E-state index in [0.717, 1.165) is 24.3 Å². The van der Waals surface area contributed by atoms with Crippen molar-refractivity contribution < 1.29 is 4.79 Å². The number of carbonyl (C=O) groups is 1. The van der Waals surface area contributed by atoms with E-state index in [1.807, 2.05) is 12.1 Å². The number of nitrogens with one attached hydrogen (secondary N) is 2. The van der Waals surface area contributed by atoms with Gasteiger partial charge in [0, 0.05) is 41.4 Å². The molecule has 1 amide bonds. The molecule has 1 atom stereocenters. The molecule has 2 rings (SSSR count). The van der Waals surface area contributed by atoms with Crippen molar-refractivity contribution in [1.82, 2.24) is 10.2 Å². The second-order valence-corrected chi connectivity index (χ2v) is 6.47. The molecular formula is C16H24ClN3O. The van der Waals surface area contributed by atoms with Crippen LogP contribution in [0.3, 0.4) is 0 Å². The van der Waals surface area contributed by atoms with Gasteiger partial charge in [0.2, 0.25) is 5.91 Å². The summed E-state index contributed by atoms with van der Waals surface area (Å²) >= 11 is 6.03. The van der Waals surface area contributed by atoms with Crippen molar-refractivity contribution in [3.63, 3.8) is 0 Å². The highest BCUT2D eigenvalue weighted by molar-refractivity contribution is 6.31. The largest absolute Gasteiger partial charge is 0.324 e. The van der Waals surface area contributed by atoms with Gasteiger partial charge in [-0.3, -0.25) is 9.69 Å². The van der Waals surface area contributed by atoms with Gasteiger partial charge in [-0.05, 0) is 45.9 Å². The molecule has 0 radical (unpaired) electrons. The van der Waals surface area contributed by atoms with E-state index in [0.29, 0.717) is 17.1 Å². The summed E-state index contributed by atoms with van der Waals surface area (Å²) in [5, 5.41) is 6.88. The molecule has 0 saturated carbocycles. The zero-order valence-electron chi connectivity index (χ0n) is 13.1. The number of carbonyl (C=O) groups excluding carboxylic acids is 1. The molecule has 2 N–H and O–H groups in total. The topological polar surface area (TPSA) is 44.4 Å². The number of benzene rings is 1. The van der Waals surface area contributed by atoms with Gasteiger partial charge in [-0.1, -0.05) is 11.6 Å². The predicted molar refractivity (Wildman–Crippen MR) is 87.8 cm³/mol. The molecule has 1 unspecified atom stereocenters. The Morgan fingerprint density at radius 2 is 1.95 bits per heavy atom. The molecule has 1 aliphatic rings. The van der Waals surface area contributed by atoms with Gasteiger partial charge in [-0.2, -0.15) is 0 Å². The fourth-order valence-electron chi connectivity index (χ4n) is 2.89. The summed E-state index contributed by atoms with van der Waals surface area (Å²) in [7, 11) is 0. The molecular weight excluding hydrogens is 286 g/mol. The average Bonchev–Trinajstić information content (AvgIpc) is 2.69. The van der Waals surface area contributed by atoms with E-state index in [4.69, 9.17) is 11.6 Å². The smallest absolute Gasteiger partial charge is 0.246 e. The van der Waals surface area contributed by atoms with E-state index in [2.05, 4.69) is 43.2 Å². The molecule has 1 aliphatic heterocycles. The van der Waals surface area contributed by atoms with Gasteiger partial charge in [0.05, 0.1) is 0 Å². The second-order valence-electron chi connectivity index (χ2n) is 6.03. The summed E-state index contributed by atoms with van der Waals surface area (Å²) in [5.74, 6) is -0.00656. The highest BCUT2D eigenvalue weighted by atomic mass is 35.5. The van der Waals surface area contributed by atoms with E-state index < -0.39 is 0 Å². The number of hydrogen-bond donors (Lipinski definition) is 2. The fourth-order valence-corrected chi connectivity index (χ4v) is 3.07. The van der Waals surface area contributed by atoms with Gasteiger partial charge in [-0.15, -0.1) is 0 Å². The Hall–Kier alpha value is -1.10. The number of nitrogens with zero attached hydrogens (tertiary/aromatic N) is 1. The van der Waals surface area contributed by atoms with Crippen molar-refractivity contribution in [2.24, 2.45) is 0 Å². The number of anilines is 1. The van der Waals surface area contributed by atoms with Gasteiger partial charge in [0.1, 0.15) is 6.04 Å². The Balaban J connectivity index is 1.98. The first-order valence-corrected chi connectivity index (χ1v) is 7.87. The van der Waals surface area contributed by atoms with E-state index in [1.54, 1.807) is 6.07 Å². The van der Waals surface area contributed by atoms with Crippen molar-refractivity contribution in [1.29, 1.82) is 0 Å². The zero-order chi connectivity index (χ0) is 15.6. The van der Waals surface area contributed by atoms with Crippen molar-refractivity contribution >= 4 is 23.2 Å². The normalized spacial score (nSPS) is 17.7. The average molecular weight is 310 g/mol. The third-order valence-electron chi connectivity index (χ3n) is 3.89. The summed E-state index contributed by atoms with van der Waals surface area (Å²) < 4.78 is 0. The van der Waals surface area contributed by atoms with Crippen molar-refractivity contribution in [2.45, 2.75) is 45.8 Å². The zero-order valence-corrected chi connectivity index (χ0v) is 13.9. The quantitative estimate of drug-likeness (QED) is 0.849. The Morgan fingerprint density at radius 3 is 2.57 bits per heavy atom. The number of rotatable bonds is 6. The minimum atomic E-state index is -0.306. The number of amides is 1. The van der Waals surface area contributed by atoms with Crippen molar-refractivity contribution in [2.75, 3.05) is 18.4 Å². The van der Waals surface area contributed by atoms with Crippen LogP contribution < -0.4 is 10.6 Å². The molecule has 116 valence electrons. The Kier molecular flexibility index (Phi) is 5.25. The first-order chi connectivity index (χ1) is 9.90. The van der Waals surface area contributed by atoms with Crippen LogP contribution in [0.5, 0.6) is 0 Å². The predicted octanol–water partition coefficient (Wildman–Crippen LogP) is 3.04. The first-order valence-electron chi connectivity index (χ1n) is 7.49. The van der Waals surface area contributed by atoms with E-state index in [-0.39, 0.29) is 11.9 Å². The van der Waals surface area contributed by atoms with Crippen LogP contribution in [0.25, 0.3) is 0 Å². The minimum absolute atomic E-state index is 0.00656. The highest BCUT2D eigenvalue weighted by Crippen LogP contribution is 2.32. The molecule has 0 aliphatic carbocycles. The Bertz CT molecular complexity index is 508. The molecule has 0 spiro atoms. The number of hydrogen-bond acceptors (Lipinski definition) is 3. The van der Waals surface area contributed by atoms with Crippen LogP contribution in [0.2, 0.25) is 5.02 Å². The van der Waals surface area contributed by atoms with Crippen LogP contribution >= 0.6 is 11.6 Å². The SMILES string of the molecule is CC(C)N(CCNC1C(=O)Nc2ccc(Cl)cc21)C(C)C. The maximum atomic E-state index is 12.1. The van der Waals surface area contributed by atoms with Gasteiger partial charge >= 0.3 is 0 Å². The van der Waals surface area contributed by atoms with Gasteiger partial charge < -0.3 is 10.6 Å². The maximum absolute atomic E-state index is 12.1. The van der Waals surface area contributed by atoms with Gasteiger partial charge in [0.25, 0.3) is 0 Å². The molecule has 1 aromatic rings. The molecule has 0 aromatic heterocycles. The van der Waals surface area contributed by atoms with Crippen LogP contribution in [0.1, 0.15) is 39.3 Å². The molecule has 5 heteroatoms. The number of fused-ring (bicyclic) bond motifs is 1. The summed E-state index contributed by atoms with van der Waals surface area (Å²) in [4.78, 5) is 14.5. The van der Waals surface area contributed by atoms with Crippen molar-refractivity contribution in [3.8, 4) is 0 Å². The molecule has 0 saturated heterocycles. The van der Waals surface area contributed by atoms with Crippen LogP contribution in [-0.4, -0.2) is 36.0 Å². The Labute approximate surface area is 131 Å². The number of halogens is 1. The second kappa shape index (κ2) is 6.77. The fraction of sp³-hybridized carbons (Fsp3) is 0.562. The van der Waals surface area contributed by atoms with Gasteiger partial charge in [-0.25, -0.2) is 0 Å². The molecule has 0 bridgehead atoms. The van der Waals surface area contributed by atoms with Crippen molar-refractivity contribution in [3.05, 3.63) is 28.8 Å². The summed E-state index contributed by atoms with van der Waals surface area (Å²) in [5.41, 5.74) is 1.79. The monoisotopic (exact) mass is 309 g/mol. The molecule has 0 fully saturated rings. The van der Waals surface area contributed by atoms with Crippen LogP contribution in [0, 0.1) is 0 Å². The third kappa shape index (κ3) is 3.76. The first kappa shape index (κ1) is 16.3. The lowest BCUT2D eigenvalue weighted by atomic mass is 10.1. The summed E-state index contributed by atoms with van der Waals surface area (Å²) in [6.45, 7) is 10.4. The van der Waals surface area contributed by atoms with Crippen LogP contribution in [0.4, 0.5) is 5.69 Å². The van der Waals surface area contributed by atoms with E-state index in [9.17, 15) is 4.79 Å². The standard InChI is InChI=1S/C16H24ClN3O/c1-10(2)20(11(3)4)8-7-18-15-13-9-12(17)5-6-14(13)19-16(15)21/h5-6,9-11,15,18H,7-8H2,1-4H3,(H,19,21). The molecule has 21 heavy (non-hydrogen) atoms. The lowest BCUT2D eigenvalue weighted by molar-refractivity contribution is -0.117. The van der Waals surface area contributed by atoms with E-state index in [1.165, 1.54) is 0 Å². The van der Waals surface area contributed by atoms with Crippen LogP contribution in [-0.2, 0) is 4.79 Å². The maximum Gasteiger partial charge on any atom is 0.246 e. The van der Waals surface area contributed by atoms with Crippen LogP contribution in [0.15, 0.2) is 18.2 Å². The highest BCUT2D eigenvalue weighted by Gasteiger charge is 2.30. The lowest BCUT2D eigenvalue weighted by Gasteiger charge is -2.30. The van der Waals surface area contributed by atoms with Gasteiger partial charge in [0.15, 0.2) is 0 Å². The lowest BCUT2D eigenvalue weighted by Crippen LogP contribution is -2.42. The third-order valence-corrected chi connectivity index (χ3v) is 4.12. The summed E-state index contributed by atoms with van der Waals surface area (Å²) in [6, 6.07) is 6.18. The summed E-state index contributed by atoms with van der Waals surface area (Å²) in [6.07, 6.45) is 0. The minimum Gasteiger partial charge on any atom is -0.324 e. The Morgan fingerprint density at radius 1 is 1.29 bits per heavy atom. The molecule has 1 heterocycles. The van der Waals surface area contributed by atoms with E-state index >= 15 is 0 Å². The molecule has 4 nitrogen and oxygen atoms in total. The molecule has 1 aromatic carbocycles.